The van der Waals surface area contributed by atoms with Crippen LogP contribution in [0.4, 0.5) is 5.69 Å². The van der Waals surface area contributed by atoms with Gasteiger partial charge in [0, 0.05) is 11.1 Å². The van der Waals surface area contributed by atoms with Gasteiger partial charge in [0.1, 0.15) is 6.04 Å². The minimum atomic E-state index is -0.999. The van der Waals surface area contributed by atoms with E-state index in [9.17, 15) is 24.0 Å². The lowest BCUT2D eigenvalue weighted by Crippen LogP contribution is -2.48. The number of hydrogen-bond donors (Lipinski definition) is 2. The molecule has 0 bridgehead atoms. The average Bonchev–Trinajstić information content (AvgIpc) is 3.60. The van der Waals surface area contributed by atoms with Crippen molar-refractivity contribution in [1.29, 1.82) is 0 Å². The zero-order valence-electron chi connectivity index (χ0n) is 25.0. The Labute approximate surface area is 264 Å². The molecule has 0 radical (unpaired) electrons. The lowest BCUT2D eigenvalue weighted by Gasteiger charge is -2.16. The van der Waals surface area contributed by atoms with Crippen LogP contribution < -0.4 is 25.2 Å². The third kappa shape index (κ3) is 5.83. The van der Waals surface area contributed by atoms with Crippen molar-refractivity contribution in [3.8, 4) is 22.6 Å². The molecule has 1 fully saturated rings. The molecular weight excluding hydrogens is 590 g/mol. The topological polar surface area (TPSA) is 140 Å². The maximum absolute atomic E-state index is 13.0. The normalized spacial score (nSPS) is 14.8. The second-order valence-corrected chi connectivity index (χ2v) is 10.7. The molecule has 2 aliphatic rings. The summed E-state index contributed by atoms with van der Waals surface area (Å²) >= 11 is 0. The lowest BCUT2D eigenvalue weighted by molar-refractivity contribution is -0.121. The Kier molecular flexibility index (Phi) is 8.32. The van der Waals surface area contributed by atoms with Crippen LogP contribution in [0.5, 0.6) is 11.5 Å². The van der Waals surface area contributed by atoms with E-state index in [2.05, 4.69) is 23.0 Å². The smallest absolute Gasteiger partial charge is 0.338 e. The predicted octanol–water partition coefficient (Wildman–Crippen LogP) is 3.88. The number of Topliss-reactive ketones (excluding diaryl/α,β-unsaturated/α-hetero) is 1. The minimum Gasteiger partial charge on any atom is -0.493 e. The second kappa shape index (κ2) is 12.7. The third-order valence-electron chi connectivity index (χ3n) is 7.96. The summed E-state index contributed by atoms with van der Waals surface area (Å²) in [4.78, 5) is 64.9. The summed E-state index contributed by atoms with van der Waals surface area (Å²) in [7, 11) is 2.92. The van der Waals surface area contributed by atoms with E-state index in [4.69, 9.17) is 14.2 Å². The number of ketones is 1. The molecule has 0 saturated carbocycles. The van der Waals surface area contributed by atoms with Crippen molar-refractivity contribution in [1.82, 2.24) is 10.9 Å². The summed E-state index contributed by atoms with van der Waals surface area (Å²) in [6.45, 7) is -0.433. The molecule has 4 aromatic carbocycles. The highest BCUT2D eigenvalue weighted by atomic mass is 16.5. The largest absolute Gasteiger partial charge is 0.493 e. The van der Waals surface area contributed by atoms with Crippen LogP contribution in [0.3, 0.4) is 0 Å². The first-order valence-corrected chi connectivity index (χ1v) is 14.4. The van der Waals surface area contributed by atoms with Crippen molar-refractivity contribution in [2.45, 2.75) is 18.9 Å². The average molecular weight is 620 g/mol. The monoisotopic (exact) mass is 619 g/mol. The molecule has 2 N–H and O–H groups in total. The van der Waals surface area contributed by atoms with Crippen LogP contribution in [0.2, 0.25) is 0 Å². The maximum atomic E-state index is 13.0. The van der Waals surface area contributed by atoms with E-state index in [1.165, 1.54) is 56.2 Å². The molecule has 0 spiro atoms. The van der Waals surface area contributed by atoms with E-state index in [-0.39, 0.29) is 29.0 Å². The molecule has 3 amide bonds. The number of methoxy groups -OCH3 is 2. The highest BCUT2D eigenvalue weighted by Crippen LogP contribution is 2.36. The first kappa shape index (κ1) is 30.2. The number of hydrogen-bond acceptors (Lipinski definition) is 9. The molecule has 1 aliphatic heterocycles. The number of imide groups is 1. The van der Waals surface area contributed by atoms with Crippen molar-refractivity contribution < 1.29 is 38.2 Å². The highest BCUT2D eigenvalue weighted by molar-refractivity contribution is 6.22. The molecule has 232 valence electrons. The first-order chi connectivity index (χ1) is 22.3. The molecule has 1 heterocycles. The fourth-order valence-corrected chi connectivity index (χ4v) is 5.58. The van der Waals surface area contributed by atoms with Crippen molar-refractivity contribution in [3.63, 3.8) is 0 Å². The molecule has 46 heavy (non-hydrogen) atoms. The van der Waals surface area contributed by atoms with Crippen LogP contribution in [0.15, 0.2) is 84.9 Å². The molecule has 1 atom stereocenters. The van der Waals surface area contributed by atoms with Crippen LogP contribution in [0.25, 0.3) is 11.1 Å². The molecule has 4 aromatic rings. The number of fused-ring (bicyclic) bond motifs is 3. The zero-order chi connectivity index (χ0) is 32.4. The Hall–Kier alpha value is -5.81. The van der Waals surface area contributed by atoms with Gasteiger partial charge in [0.2, 0.25) is 5.91 Å². The fourth-order valence-electron chi connectivity index (χ4n) is 5.58. The van der Waals surface area contributed by atoms with Gasteiger partial charge >= 0.3 is 5.97 Å². The quantitative estimate of drug-likeness (QED) is 0.103. The van der Waals surface area contributed by atoms with Crippen molar-refractivity contribution in [2.24, 2.45) is 0 Å². The van der Waals surface area contributed by atoms with Crippen molar-refractivity contribution >= 4 is 35.2 Å². The summed E-state index contributed by atoms with van der Waals surface area (Å²) < 4.78 is 15.7. The molecule has 1 unspecified atom stereocenters. The Balaban J connectivity index is 1.03. The Morgan fingerprint density at radius 2 is 1.48 bits per heavy atom. The molecular formula is C35H29N3O8. The second-order valence-electron chi connectivity index (χ2n) is 10.7. The number of hydrazine groups is 1. The standard InChI is InChI=1S/C35H29N3O8/c1-44-30-14-10-23(17-31(30)45-2)33(41)37-36-28-18-32(40)38(34(28)42)25-11-7-20(8-12-25)35(43)46-19-29(39)22-9-13-27-24(16-22)15-21-5-3-4-6-26(21)27/h3-14,16-17,28,36H,15,18-19H2,1-2H3,(H,37,41). The van der Waals surface area contributed by atoms with E-state index in [1.807, 2.05) is 24.3 Å². The van der Waals surface area contributed by atoms with Gasteiger partial charge < -0.3 is 14.2 Å². The Morgan fingerprint density at radius 1 is 0.783 bits per heavy atom. The zero-order valence-corrected chi connectivity index (χ0v) is 25.0. The number of ether oxygens (including phenoxy) is 3. The van der Waals surface area contributed by atoms with E-state index in [1.54, 1.807) is 12.1 Å². The number of carbonyl (C=O) groups excluding carboxylic acids is 5. The molecule has 1 saturated heterocycles. The number of carbonyl (C=O) groups is 5. The van der Waals surface area contributed by atoms with E-state index in [0.717, 1.165) is 28.0 Å². The highest BCUT2D eigenvalue weighted by Gasteiger charge is 2.40. The Bertz CT molecular complexity index is 1890. The van der Waals surface area contributed by atoms with Gasteiger partial charge in [-0.25, -0.2) is 15.1 Å². The van der Waals surface area contributed by atoms with Gasteiger partial charge in [-0.1, -0.05) is 36.4 Å². The van der Waals surface area contributed by atoms with Crippen LogP contribution in [0.1, 0.15) is 48.6 Å². The van der Waals surface area contributed by atoms with Gasteiger partial charge in [-0.2, -0.15) is 0 Å². The molecule has 6 rings (SSSR count). The van der Waals surface area contributed by atoms with Crippen molar-refractivity contribution in [3.05, 3.63) is 113 Å². The molecule has 1 aliphatic carbocycles. The third-order valence-corrected chi connectivity index (χ3v) is 7.96. The summed E-state index contributed by atoms with van der Waals surface area (Å²) in [5.41, 5.74) is 10.7. The number of nitrogens with zero attached hydrogens (tertiary/aromatic N) is 1. The van der Waals surface area contributed by atoms with Gasteiger partial charge in [-0.05, 0) is 77.2 Å². The fraction of sp³-hybridized carbons (Fsp3) is 0.171. The predicted molar refractivity (Wildman–Crippen MR) is 167 cm³/mol. The van der Waals surface area contributed by atoms with Crippen LogP contribution >= 0.6 is 0 Å². The minimum absolute atomic E-state index is 0.150. The van der Waals surface area contributed by atoms with Crippen LogP contribution in [-0.4, -0.2) is 56.3 Å². The number of rotatable bonds is 10. The SMILES string of the molecule is COc1ccc(C(=O)NNC2CC(=O)N(c3ccc(C(=O)OCC(=O)c4ccc5c(c4)Cc4ccccc4-5)cc3)C2=O)cc1OC. The van der Waals surface area contributed by atoms with E-state index < -0.39 is 36.3 Å². The summed E-state index contributed by atoms with van der Waals surface area (Å²) in [6, 6.07) is 22.9. The van der Waals surface area contributed by atoms with Gasteiger partial charge in [-0.3, -0.25) is 24.6 Å². The van der Waals surface area contributed by atoms with Gasteiger partial charge in [-0.15, -0.1) is 0 Å². The molecule has 0 aromatic heterocycles. The molecule has 11 nitrogen and oxygen atoms in total. The summed E-state index contributed by atoms with van der Waals surface area (Å²) in [5.74, 6) is -1.83. The Morgan fingerprint density at radius 3 is 2.24 bits per heavy atom. The van der Waals surface area contributed by atoms with Crippen molar-refractivity contribution in [2.75, 3.05) is 25.7 Å². The summed E-state index contributed by atoms with van der Waals surface area (Å²) in [6.07, 6.45) is 0.553. The van der Waals surface area contributed by atoms with Gasteiger partial charge in [0.25, 0.3) is 11.8 Å². The number of nitrogens with one attached hydrogen (secondary N) is 2. The summed E-state index contributed by atoms with van der Waals surface area (Å²) in [5, 5.41) is 0. The molecule has 11 heteroatoms. The number of benzene rings is 4. The van der Waals surface area contributed by atoms with Gasteiger partial charge in [0.05, 0.1) is 31.9 Å². The maximum Gasteiger partial charge on any atom is 0.338 e. The number of amides is 3. The lowest BCUT2D eigenvalue weighted by atomic mass is 10.0. The van der Waals surface area contributed by atoms with Crippen LogP contribution in [-0.2, 0) is 20.7 Å². The number of esters is 1. The van der Waals surface area contributed by atoms with E-state index >= 15 is 0 Å². The number of anilines is 1. The van der Waals surface area contributed by atoms with Gasteiger partial charge in [0.15, 0.2) is 23.9 Å². The first-order valence-electron chi connectivity index (χ1n) is 14.4. The van der Waals surface area contributed by atoms with Crippen LogP contribution in [0, 0.1) is 0 Å². The van der Waals surface area contributed by atoms with E-state index in [0.29, 0.717) is 17.1 Å².